The number of allylic oxidation sites excluding steroid dienone is 4. The minimum atomic E-state index is -1.24. The van der Waals surface area contributed by atoms with Crippen molar-refractivity contribution in [3.63, 3.8) is 0 Å². The molecule has 0 amide bonds. The molecule has 138 valence electrons. The van der Waals surface area contributed by atoms with Gasteiger partial charge < -0.3 is 37.2 Å². The maximum absolute atomic E-state index is 2.51. The summed E-state index contributed by atoms with van der Waals surface area (Å²) in [5.74, 6) is 0. The zero-order chi connectivity index (χ0) is 16.9. The molecule has 0 N–H and O–H groups in total. The molecule has 1 aromatic carbocycles. The van der Waals surface area contributed by atoms with Gasteiger partial charge in [-0.1, -0.05) is 0 Å². The largest absolute Gasteiger partial charge is 1.00 e. The van der Waals surface area contributed by atoms with Crippen LogP contribution in [-0.2, 0) is 25.9 Å². The SMILES string of the molecule is Cc1ccc(C(C)(C)C2=[C]([Ti+3])C([Si](C)(C)C)=CC2)c(C)c1C.[Cl-].[Cl-].[Cl-]. The van der Waals surface area contributed by atoms with Crippen LogP contribution in [0.25, 0.3) is 0 Å². The third-order valence-electron chi connectivity index (χ3n) is 5.38. The quantitative estimate of drug-likeness (QED) is 0.428. The Kier molecular flexibility index (Phi) is 10.7. The Morgan fingerprint density at radius 2 is 1.44 bits per heavy atom. The number of rotatable bonds is 3. The molecular weight excluding hydrogens is 423 g/mol. The van der Waals surface area contributed by atoms with Crippen LogP contribution in [0.4, 0.5) is 0 Å². The Morgan fingerprint density at radius 1 is 0.920 bits per heavy atom. The normalized spacial score (nSPS) is 14.4. The van der Waals surface area contributed by atoms with E-state index in [0.29, 0.717) is 0 Å². The van der Waals surface area contributed by atoms with Gasteiger partial charge in [0, 0.05) is 0 Å². The van der Waals surface area contributed by atoms with Crippen molar-refractivity contribution in [1.82, 2.24) is 0 Å². The molecule has 0 heterocycles. The van der Waals surface area contributed by atoms with Crippen molar-refractivity contribution in [2.24, 2.45) is 0 Å². The first kappa shape index (κ1) is 27.7. The van der Waals surface area contributed by atoms with Crippen LogP contribution >= 0.6 is 0 Å². The van der Waals surface area contributed by atoms with E-state index in [1.165, 1.54) is 22.3 Å². The molecule has 1 aliphatic rings. The maximum Gasteiger partial charge on any atom is -1.00 e. The van der Waals surface area contributed by atoms with Gasteiger partial charge in [0.25, 0.3) is 0 Å². The summed E-state index contributed by atoms with van der Waals surface area (Å²) in [6.07, 6.45) is 3.64. The van der Waals surface area contributed by atoms with Gasteiger partial charge >= 0.3 is 150 Å². The van der Waals surface area contributed by atoms with Gasteiger partial charge in [-0.2, -0.15) is 0 Å². The number of hydrogen-bond donors (Lipinski definition) is 0. The van der Waals surface area contributed by atoms with Gasteiger partial charge in [0.2, 0.25) is 0 Å². The third-order valence-corrected chi connectivity index (χ3v) is 8.73. The van der Waals surface area contributed by atoms with Gasteiger partial charge in [0.1, 0.15) is 0 Å². The van der Waals surface area contributed by atoms with Gasteiger partial charge in [0.05, 0.1) is 0 Å². The van der Waals surface area contributed by atoms with E-state index in [0.717, 1.165) is 6.42 Å². The van der Waals surface area contributed by atoms with E-state index in [9.17, 15) is 0 Å². The van der Waals surface area contributed by atoms with Gasteiger partial charge in [-0.05, 0) is 0 Å². The monoisotopic (exact) mass is 450 g/mol. The van der Waals surface area contributed by atoms with E-state index in [4.69, 9.17) is 0 Å². The fraction of sp³-hybridized carbons (Fsp3) is 0.500. The molecule has 0 spiro atoms. The molecule has 0 bridgehead atoms. The molecule has 5 heteroatoms. The minimum absolute atomic E-state index is 0. The fourth-order valence-corrected chi connectivity index (χ4v) is 7.79. The molecule has 0 fully saturated rings. The fourth-order valence-electron chi connectivity index (χ4n) is 3.62. The van der Waals surface area contributed by atoms with Gasteiger partial charge in [-0.3, -0.25) is 0 Å². The van der Waals surface area contributed by atoms with E-state index < -0.39 is 8.07 Å². The van der Waals surface area contributed by atoms with E-state index in [-0.39, 0.29) is 42.6 Å². The maximum atomic E-state index is 2.51. The third kappa shape index (κ3) is 5.27. The average molecular weight is 452 g/mol. The topological polar surface area (TPSA) is 0 Å². The minimum Gasteiger partial charge on any atom is -1.00 e. The summed E-state index contributed by atoms with van der Waals surface area (Å²) >= 11 is 2.35. The van der Waals surface area contributed by atoms with Crippen molar-refractivity contribution in [3.8, 4) is 0 Å². The summed E-state index contributed by atoms with van der Waals surface area (Å²) in [5, 5.41) is 1.66. The molecule has 1 aliphatic carbocycles. The van der Waals surface area contributed by atoms with Crippen LogP contribution in [-0.4, -0.2) is 8.07 Å². The first-order chi connectivity index (χ1) is 9.98. The average Bonchev–Trinajstić information content (AvgIpc) is 2.78. The number of hydrogen-bond acceptors (Lipinski definition) is 0. The molecule has 0 aliphatic heterocycles. The van der Waals surface area contributed by atoms with Crippen LogP contribution in [0.5, 0.6) is 0 Å². The van der Waals surface area contributed by atoms with Gasteiger partial charge in [-0.15, -0.1) is 0 Å². The van der Waals surface area contributed by atoms with E-state index in [2.05, 4.69) is 92.9 Å². The first-order valence-corrected chi connectivity index (χ1v) is 12.5. The van der Waals surface area contributed by atoms with Crippen LogP contribution in [0, 0.1) is 20.8 Å². The molecule has 0 unspecified atom stereocenters. The molecular formula is C20H29Cl3SiTi. The second-order valence-electron chi connectivity index (χ2n) is 8.23. The Hall–Kier alpha value is 0.501. The summed E-state index contributed by atoms with van der Waals surface area (Å²) in [5.41, 5.74) is 7.54. The standard InChI is InChI=1S/C20H29Si.3ClH.Ti/c1-14-9-12-19(16(3)15(14)2)20(4,5)17-10-11-18(13-17)21(6,7)8;;;;/h9,11-12H,10H2,1-8H3;3*1H;/q;;;;+3/p-3. The van der Waals surface area contributed by atoms with Crippen LogP contribution in [0.2, 0.25) is 19.6 Å². The van der Waals surface area contributed by atoms with Crippen molar-refractivity contribution < 1.29 is 57.7 Å². The Morgan fingerprint density at radius 3 is 1.88 bits per heavy atom. The van der Waals surface area contributed by atoms with Crippen LogP contribution in [0.1, 0.15) is 42.5 Å². The molecule has 1 aromatic rings. The van der Waals surface area contributed by atoms with Crippen LogP contribution < -0.4 is 37.2 Å². The number of aryl methyl sites for hydroxylation is 1. The molecule has 2 rings (SSSR count). The second-order valence-corrected chi connectivity index (χ2v) is 14.0. The number of halogens is 3. The van der Waals surface area contributed by atoms with Crippen molar-refractivity contribution in [2.75, 3.05) is 0 Å². The van der Waals surface area contributed by atoms with Crippen molar-refractivity contribution in [2.45, 2.75) is 66.1 Å². The zero-order valence-electron chi connectivity index (χ0n) is 16.6. The Labute approximate surface area is 186 Å². The summed E-state index contributed by atoms with van der Waals surface area (Å²) in [7, 11) is -1.24. The van der Waals surface area contributed by atoms with E-state index >= 15 is 0 Å². The van der Waals surface area contributed by atoms with Crippen LogP contribution in [0.3, 0.4) is 0 Å². The Balaban J connectivity index is 0. The molecule has 0 aromatic heterocycles. The molecule has 25 heavy (non-hydrogen) atoms. The molecule has 0 radical (unpaired) electrons. The predicted octanol–water partition coefficient (Wildman–Crippen LogP) is -3.09. The van der Waals surface area contributed by atoms with Crippen molar-refractivity contribution >= 4 is 8.07 Å². The zero-order valence-corrected chi connectivity index (χ0v) is 21.4. The van der Waals surface area contributed by atoms with Crippen molar-refractivity contribution in [3.05, 3.63) is 55.1 Å². The molecule has 0 saturated heterocycles. The van der Waals surface area contributed by atoms with Crippen LogP contribution in [0.15, 0.2) is 32.9 Å². The summed E-state index contributed by atoms with van der Waals surface area (Å²) in [4.78, 5) is 0. The van der Waals surface area contributed by atoms with Gasteiger partial charge in [0.15, 0.2) is 0 Å². The smallest absolute Gasteiger partial charge is 1.00 e. The summed E-state index contributed by atoms with van der Waals surface area (Å²) in [6, 6.07) is 4.64. The van der Waals surface area contributed by atoms with E-state index in [1.807, 2.05) is 0 Å². The summed E-state index contributed by atoms with van der Waals surface area (Å²) in [6.45, 7) is 18.9. The Bertz CT molecular complexity index is 683. The first-order valence-electron chi connectivity index (χ1n) is 8.21. The number of benzene rings is 1. The second kappa shape index (κ2) is 9.62. The van der Waals surface area contributed by atoms with Gasteiger partial charge in [-0.25, -0.2) is 0 Å². The molecule has 0 atom stereocenters. The van der Waals surface area contributed by atoms with E-state index in [1.54, 1.807) is 14.6 Å². The summed E-state index contributed by atoms with van der Waals surface area (Å²) < 4.78 is 1.57. The van der Waals surface area contributed by atoms with Crippen molar-refractivity contribution in [1.29, 1.82) is 0 Å². The predicted molar refractivity (Wildman–Crippen MR) is 96.8 cm³/mol. The molecule has 0 nitrogen and oxygen atoms in total. The molecule has 0 saturated carbocycles.